The normalized spacial score (nSPS) is 18.1. The Bertz CT molecular complexity index is 1730. The molecule has 6 heteroatoms. The van der Waals surface area contributed by atoms with Gasteiger partial charge in [-0.3, -0.25) is 14.2 Å². The Morgan fingerprint density at radius 2 is 1.43 bits per heavy atom. The Hall–Kier alpha value is -3.61. The first-order chi connectivity index (χ1) is 18.1. The van der Waals surface area contributed by atoms with Gasteiger partial charge in [-0.15, -0.1) is 11.3 Å². The van der Waals surface area contributed by atoms with E-state index in [0.717, 1.165) is 54.7 Å². The predicted molar refractivity (Wildman–Crippen MR) is 154 cm³/mol. The van der Waals surface area contributed by atoms with Crippen LogP contribution in [0.25, 0.3) is 21.2 Å². The molecule has 37 heavy (non-hydrogen) atoms. The summed E-state index contributed by atoms with van der Waals surface area (Å²) in [6, 6.07) is 28.5. The van der Waals surface area contributed by atoms with Gasteiger partial charge in [0, 0.05) is 35.6 Å². The molecule has 0 fully saturated rings. The van der Waals surface area contributed by atoms with E-state index in [1.165, 1.54) is 11.3 Å². The van der Waals surface area contributed by atoms with Gasteiger partial charge in [-0.05, 0) is 30.5 Å². The second kappa shape index (κ2) is 9.69. The molecule has 2 heterocycles. The Kier molecular flexibility index (Phi) is 6.22. The Morgan fingerprint density at radius 1 is 0.784 bits per heavy atom. The van der Waals surface area contributed by atoms with Crippen LogP contribution >= 0.6 is 23.1 Å². The van der Waals surface area contributed by atoms with Crippen molar-refractivity contribution >= 4 is 50.1 Å². The predicted octanol–water partition coefficient (Wildman–Crippen LogP) is 5.18. The van der Waals surface area contributed by atoms with Crippen molar-refractivity contribution in [1.29, 1.82) is 0 Å². The minimum atomic E-state index is -0.0265. The molecule has 0 amide bonds. The van der Waals surface area contributed by atoms with Gasteiger partial charge in [0.25, 0.3) is 5.56 Å². The van der Waals surface area contributed by atoms with Crippen molar-refractivity contribution in [2.45, 2.75) is 26.8 Å². The monoisotopic (exact) mass is 522 g/mol. The number of fused-ring (bicyclic) bond motifs is 1. The number of hydrogen-bond acceptors (Lipinski definition) is 5. The van der Waals surface area contributed by atoms with E-state index < -0.39 is 0 Å². The summed E-state index contributed by atoms with van der Waals surface area (Å²) < 4.78 is 3.25. The molecule has 1 aliphatic carbocycles. The minimum absolute atomic E-state index is 0.0265. The van der Waals surface area contributed by atoms with Gasteiger partial charge in [-0.1, -0.05) is 96.7 Å². The molecule has 0 atom stereocenters. The third-order valence-corrected chi connectivity index (χ3v) is 9.50. The number of ketones is 1. The number of benzene rings is 3. The number of aromatic nitrogens is 1. The van der Waals surface area contributed by atoms with E-state index in [2.05, 4.69) is 48.2 Å². The van der Waals surface area contributed by atoms with Gasteiger partial charge in [0.15, 0.2) is 5.78 Å². The lowest BCUT2D eigenvalue weighted by Gasteiger charge is -2.21. The fourth-order valence-electron chi connectivity index (χ4n) is 5.12. The van der Waals surface area contributed by atoms with Crippen LogP contribution in [-0.2, 0) is 13.0 Å². The zero-order chi connectivity index (χ0) is 25.5. The van der Waals surface area contributed by atoms with Crippen LogP contribution in [0.2, 0.25) is 0 Å². The summed E-state index contributed by atoms with van der Waals surface area (Å²) >= 11 is 3.11. The van der Waals surface area contributed by atoms with E-state index >= 15 is 0 Å². The Balaban J connectivity index is 1.60. The van der Waals surface area contributed by atoms with Crippen molar-refractivity contribution in [3.05, 3.63) is 127 Å². The molecular formula is C31H26N2O2S2. The molecule has 1 aromatic heterocycles. The standard InChI is InChI=1S/C31H26N2O2S2/c1-3-32-25(20-13-7-5-8-14-20)27(21-15-9-6-10-16-21)36-31(32)28-29(35)33(4-2)30(37-28)24-19-22-17-11-12-18-23(22)26(24)34/h5-18H,3-4,19H2,1-2H3. The first-order valence-corrected chi connectivity index (χ1v) is 14.2. The number of thioether (sulfide) groups is 1. The van der Waals surface area contributed by atoms with Gasteiger partial charge < -0.3 is 4.90 Å². The zero-order valence-corrected chi connectivity index (χ0v) is 22.4. The fraction of sp³-hybridized carbons (Fsp3) is 0.161. The molecule has 0 radical (unpaired) electrons. The number of Topliss-reactive ketones (excluding diaryl/α,β-unsaturated/α-hetero) is 1. The molecule has 6 rings (SSSR count). The zero-order valence-electron chi connectivity index (χ0n) is 20.7. The van der Waals surface area contributed by atoms with Gasteiger partial charge >= 0.3 is 0 Å². The van der Waals surface area contributed by atoms with Crippen LogP contribution in [0, 0.1) is 0 Å². The summed E-state index contributed by atoms with van der Waals surface area (Å²) in [5, 5.41) is 0.937. The van der Waals surface area contributed by atoms with Crippen LogP contribution in [0.3, 0.4) is 0 Å². The molecule has 0 N–H and O–H groups in total. The van der Waals surface area contributed by atoms with Crippen LogP contribution < -0.4 is 14.8 Å². The van der Waals surface area contributed by atoms with Crippen molar-refractivity contribution < 1.29 is 4.79 Å². The van der Waals surface area contributed by atoms with E-state index in [4.69, 9.17) is 0 Å². The molecule has 4 aromatic rings. The number of carbonyl (C=O) groups is 1. The number of carbonyl (C=O) groups excluding carboxylic acids is 1. The summed E-state index contributed by atoms with van der Waals surface area (Å²) in [6.45, 7) is 5.34. The largest absolute Gasteiger partial charge is 0.333 e. The highest BCUT2D eigenvalue weighted by atomic mass is 32.2. The number of hydrogen-bond donors (Lipinski definition) is 0. The minimum Gasteiger partial charge on any atom is -0.333 e. The highest BCUT2D eigenvalue weighted by molar-refractivity contribution is 8.16. The number of rotatable bonds is 4. The second-order valence-corrected chi connectivity index (χ2v) is 11.0. The molecule has 184 valence electrons. The summed E-state index contributed by atoms with van der Waals surface area (Å²) in [7, 11) is 0. The van der Waals surface area contributed by atoms with Crippen LogP contribution in [0.15, 0.2) is 89.7 Å². The molecule has 0 unspecified atom stereocenters. The van der Waals surface area contributed by atoms with Crippen molar-refractivity contribution in [3.63, 3.8) is 0 Å². The SMILES string of the molecule is CCN1C(c2ccccc2)=C(c2ccccc2)SC1=c1sc(=C2Cc3ccccc3C2=O)n(CC)c1=O. The Labute approximate surface area is 223 Å². The first-order valence-electron chi connectivity index (χ1n) is 12.5. The van der Waals surface area contributed by atoms with Crippen LogP contribution in [0.5, 0.6) is 0 Å². The lowest BCUT2D eigenvalue weighted by molar-refractivity contribution is 0.105. The highest BCUT2D eigenvalue weighted by Crippen LogP contribution is 2.50. The lowest BCUT2D eigenvalue weighted by Crippen LogP contribution is -2.34. The van der Waals surface area contributed by atoms with Crippen LogP contribution in [0.1, 0.15) is 40.9 Å². The molecule has 0 saturated carbocycles. The maximum absolute atomic E-state index is 13.9. The second-order valence-electron chi connectivity index (χ2n) is 8.99. The van der Waals surface area contributed by atoms with Crippen molar-refractivity contribution in [2.24, 2.45) is 0 Å². The summed E-state index contributed by atoms with van der Waals surface area (Å²) in [4.78, 5) is 30.6. The smallest absolute Gasteiger partial charge is 0.271 e. The quantitative estimate of drug-likeness (QED) is 0.371. The maximum Gasteiger partial charge on any atom is 0.271 e. The molecule has 0 spiro atoms. The van der Waals surface area contributed by atoms with Gasteiger partial charge in [0.1, 0.15) is 14.2 Å². The highest BCUT2D eigenvalue weighted by Gasteiger charge is 2.32. The van der Waals surface area contributed by atoms with Crippen molar-refractivity contribution in [1.82, 2.24) is 9.47 Å². The topological polar surface area (TPSA) is 42.3 Å². The van der Waals surface area contributed by atoms with Gasteiger partial charge in [0.2, 0.25) is 0 Å². The van der Waals surface area contributed by atoms with Gasteiger partial charge in [-0.25, -0.2) is 0 Å². The van der Waals surface area contributed by atoms with Gasteiger partial charge in [-0.2, -0.15) is 0 Å². The molecule has 0 bridgehead atoms. The lowest BCUT2D eigenvalue weighted by atomic mass is 10.1. The van der Waals surface area contributed by atoms with Crippen molar-refractivity contribution in [2.75, 3.05) is 6.54 Å². The summed E-state index contributed by atoms with van der Waals surface area (Å²) in [5.41, 5.74) is 5.84. The first kappa shape index (κ1) is 23.8. The third-order valence-electron chi connectivity index (χ3n) is 6.88. The number of thiazole rings is 1. The summed E-state index contributed by atoms with van der Waals surface area (Å²) in [5.74, 6) is 0.0371. The molecule has 2 aliphatic rings. The maximum atomic E-state index is 13.9. The fourth-order valence-corrected chi connectivity index (χ4v) is 7.85. The molecule has 3 aromatic carbocycles. The van der Waals surface area contributed by atoms with Crippen LogP contribution in [-0.4, -0.2) is 21.8 Å². The van der Waals surface area contributed by atoms with E-state index in [9.17, 15) is 9.59 Å². The van der Waals surface area contributed by atoms with E-state index in [1.807, 2.05) is 55.5 Å². The third kappa shape index (κ3) is 3.92. The Morgan fingerprint density at radius 3 is 2.08 bits per heavy atom. The van der Waals surface area contributed by atoms with Crippen LogP contribution in [0.4, 0.5) is 0 Å². The number of nitrogens with zero attached hydrogens (tertiary/aromatic N) is 2. The van der Waals surface area contributed by atoms with Crippen molar-refractivity contribution in [3.8, 4) is 0 Å². The van der Waals surface area contributed by atoms with E-state index in [1.54, 1.807) is 16.3 Å². The molecule has 0 saturated heterocycles. The average molecular weight is 523 g/mol. The molecule has 1 aliphatic heterocycles. The molecular weight excluding hydrogens is 496 g/mol. The van der Waals surface area contributed by atoms with E-state index in [0.29, 0.717) is 17.5 Å². The average Bonchev–Trinajstić information content (AvgIpc) is 3.60. The summed E-state index contributed by atoms with van der Waals surface area (Å²) in [6.07, 6.45) is 0.567. The van der Waals surface area contributed by atoms with Gasteiger partial charge in [0.05, 0.1) is 5.70 Å². The molecule has 4 nitrogen and oxygen atoms in total. The van der Waals surface area contributed by atoms with E-state index in [-0.39, 0.29) is 11.3 Å².